The highest BCUT2D eigenvalue weighted by molar-refractivity contribution is 7.25. The fourth-order valence-corrected chi connectivity index (χ4v) is 11.3. The van der Waals surface area contributed by atoms with Crippen molar-refractivity contribution in [2.75, 3.05) is 0 Å². The maximum absolute atomic E-state index is 6.38. The summed E-state index contributed by atoms with van der Waals surface area (Å²) in [7, 11) is 0. The van der Waals surface area contributed by atoms with E-state index in [1.807, 2.05) is 61.6 Å². The second-order valence-corrected chi connectivity index (χ2v) is 18.7. The lowest BCUT2D eigenvalue weighted by atomic mass is 9.93. The van der Waals surface area contributed by atoms with Crippen molar-refractivity contribution in [3.63, 3.8) is 0 Å². The van der Waals surface area contributed by atoms with Crippen LogP contribution in [0.2, 0.25) is 0 Å². The van der Waals surface area contributed by atoms with E-state index < -0.39 is 0 Å². The number of fused-ring (bicyclic) bond motifs is 9. The molecule has 0 aliphatic rings. The first-order valence-electron chi connectivity index (χ1n) is 24.2. The Morgan fingerprint density at radius 2 is 0.887 bits per heavy atom. The Bertz CT molecular complexity index is 4320. The van der Waals surface area contributed by atoms with Crippen molar-refractivity contribution >= 4 is 75.3 Å². The smallest absolute Gasteiger partial charge is 0.238 e. The molecule has 71 heavy (non-hydrogen) atoms. The average molecular weight is 929 g/mol. The highest BCUT2D eigenvalue weighted by Gasteiger charge is 2.23. The predicted octanol–water partition coefficient (Wildman–Crippen LogP) is 18.3. The number of benzene rings is 10. The van der Waals surface area contributed by atoms with Crippen molar-refractivity contribution in [2.24, 2.45) is 0 Å². The van der Waals surface area contributed by atoms with Crippen LogP contribution in [0, 0.1) is 0 Å². The van der Waals surface area contributed by atoms with Gasteiger partial charge in [0.15, 0.2) is 11.6 Å². The fraction of sp³-hybridized carbons (Fsp3) is 0.0308. The van der Waals surface area contributed by atoms with Crippen LogP contribution in [0.25, 0.3) is 137 Å². The molecule has 0 saturated carbocycles. The van der Waals surface area contributed by atoms with E-state index in [-0.39, 0.29) is 0 Å². The monoisotopic (exact) mass is 928 g/mol. The van der Waals surface area contributed by atoms with Gasteiger partial charge in [-0.05, 0) is 99.6 Å². The maximum Gasteiger partial charge on any atom is 0.238 e. The van der Waals surface area contributed by atoms with Gasteiger partial charge >= 0.3 is 0 Å². The van der Waals surface area contributed by atoms with Crippen molar-refractivity contribution in [3.05, 3.63) is 231 Å². The molecule has 10 aromatic carbocycles. The van der Waals surface area contributed by atoms with Crippen LogP contribution in [0.1, 0.15) is 13.8 Å². The lowest BCUT2D eigenvalue weighted by molar-refractivity contribution is 0.669. The molecule has 0 spiro atoms. The van der Waals surface area contributed by atoms with Crippen molar-refractivity contribution in [1.82, 2.24) is 19.5 Å². The SMILES string of the molecule is CC.c1ccc(-c2cc(-c3cccc(-c4cccc(-c5ccc6c(c5)sc5ccccc56)c4)c3)c3c(c2)c2ccccc2n3-c2nc(-c3ccccc3)nc(-c3ccc4c(c3)oc3ccccc34)n2)cc1. The number of hydrogen-bond acceptors (Lipinski definition) is 5. The number of rotatable bonds is 7. The van der Waals surface area contributed by atoms with Gasteiger partial charge in [-0.1, -0.05) is 184 Å². The zero-order valence-electron chi connectivity index (χ0n) is 39.0. The van der Waals surface area contributed by atoms with Crippen molar-refractivity contribution < 1.29 is 4.42 Å². The lowest BCUT2D eigenvalue weighted by Gasteiger charge is -2.15. The zero-order valence-corrected chi connectivity index (χ0v) is 39.9. The minimum Gasteiger partial charge on any atom is -0.456 e. The van der Waals surface area contributed by atoms with E-state index >= 15 is 0 Å². The quantitative estimate of drug-likeness (QED) is 0.160. The third-order valence-corrected chi connectivity index (χ3v) is 14.6. The van der Waals surface area contributed by atoms with E-state index in [4.69, 9.17) is 19.4 Å². The fourth-order valence-electron chi connectivity index (χ4n) is 10.1. The topological polar surface area (TPSA) is 56.7 Å². The maximum atomic E-state index is 6.38. The molecule has 0 N–H and O–H groups in total. The van der Waals surface area contributed by atoms with Crippen LogP contribution in [0.3, 0.4) is 0 Å². The molecule has 14 rings (SSSR count). The Kier molecular flexibility index (Phi) is 10.4. The minimum atomic E-state index is 0.530. The molecule has 4 heterocycles. The number of para-hydroxylation sites is 2. The van der Waals surface area contributed by atoms with E-state index in [0.29, 0.717) is 17.6 Å². The van der Waals surface area contributed by atoms with E-state index in [1.165, 1.54) is 31.3 Å². The van der Waals surface area contributed by atoms with Gasteiger partial charge in [0.25, 0.3) is 0 Å². The molecule has 0 atom stereocenters. The molecule has 0 saturated heterocycles. The third-order valence-electron chi connectivity index (χ3n) is 13.4. The first kappa shape index (κ1) is 42.2. The molecular formula is C65H44N4OS. The summed E-state index contributed by atoms with van der Waals surface area (Å²) >= 11 is 1.85. The molecule has 336 valence electrons. The molecular weight excluding hydrogens is 885 g/mol. The molecule has 0 aliphatic heterocycles. The summed E-state index contributed by atoms with van der Waals surface area (Å²) in [4.78, 5) is 15.9. The van der Waals surface area contributed by atoms with Gasteiger partial charge in [0.1, 0.15) is 11.2 Å². The van der Waals surface area contributed by atoms with Gasteiger partial charge in [-0.2, -0.15) is 9.97 Å². The van der Waals surface area contributed by atoms with Gasteiger partial charge < -0.3 is 4.42 Å². The van der Waals surface area contributed by atoms with Crippen molar-refractivity contribution in [1.29, 1.82) is 0 Å². The van der Waals surface area contributed by atoms with E-state index in [2.05, 4.69) is 199 Å². The number of nitrogens with zero attached hydrogens (tertiary/aromatic N) is 4. The van der Waals surface area contributed by atoms with Crippen LogP contribution in [0.5, 0.6) is 0 Å². The second-order valence-electron chi connectivity index (χ2n) is 17.6. The standard InChI is InChI=1S/C63H38N4OS.C2H6/c1-3-15-39(16-4-1)47-35-53(45-22-14-21-43(34-45)41-19-13-20-42(33-41)44-29-32-52-51-25-9-12-28-58(51)69-59(52)38-44)60-54(36-47)48-23-7-10-26-55(48)67(60)63-65-61(40-17-5-2-6-18-40)64-62(66-63)46-30-31-50-49-24-8-11-27-56(49)68-57(50)37-46;1-2/h1-38H;1-2H3. The summed E-state index contributed by atoms with van der Waals surface area (Å²) < 4.78 is 11.2. The van der Waals surface area contributed by atoms with Crippen LogP contribution in [0.15, 0.2) is 235 Å². The number of hydrogen-bond donors (Lipinski definition) is 0. The van der Waals surface area contributed by atoms with Gasteiger partial charge in [-0.25, -0.2) is 4.98 Å². The van der Waals surface area contributed by atoms with E-state index in [9.17, 15) is 0 Å². The number of furan rings is 1. The van der Waals surface area contributed by atoms with Gasteiger partial charge in [0.05, 0.1) is 11.0 Å². The summed E-state index contributed by atoms with van der Waals surface area (Å²) in [5, 5.41) is 6.97. The lowest BCUT2D eigenvalue weighted by Crippen LogP contribution is -2.07. The summed E-state index contributed by atoms with van der Waals surface area (Å²) in [6.07, 6.45) is 0. The predicted molar refractivity (Wildman–Crippen MR) is 298 cm³/mol. The van der Waals surface area contributed by atoms with Gasteiger partial charge in [-0.3, -0.25) is 4.57 Å². The Hall–Kier alpha value is -8.97. The molecule has 0 radical (unpaired) electrons. The highest BCUT2D eigenvalue weighted by Crippen LogP contribution is 2.43. The molecule has 5 nitrogen and oxygen atoms in total. The van der Waals surface area contributed by atoms with Crippen molar-refractivity contribution in [2.45, 2.75) is 13.8 Å². The Labute approximate surface area is 414 Å². The third kappa shape index (κ3) is 7.36. The average Bonchev–Trinajstić information content (AvgIpc) is 4.13. The van der Waals surface area contributed by atoms with Gasteiger partial charge in [0, 0.05) is 58.4 Å². The molecule has 0 fully saturated rings. The molecule has 14 aromatic rings. The summed E-state index contributed by atoms with van der Waals surface area (Å²) in [5.74, 6) is 1.67. The normalized spacial score (nSPS) is 11.5. The van der Waals surface area contributed by atoms with Crippen LogP contribution in [-0.4, -0.2) is 19.5 Å². The minimum absolute atomic E-state index is 0.530. The highest BCUT2D eigenvalue weighted by atomic mass is 32.1. The van der Waals surface area contributed by atoms with Gasteiger partial charge in [0.2, 0.25) is 5.95 Å². The zero-order chi connectivity index (χ0) is 47.4. The van der Waals surface area contributed by atoms with Gasteiger partial charge in [-0.15, -0.1) is 11.3 Å². The van der Waals surface area contributed by atoms with E-state index in [1.54, 1.807) is 0 Å². The Balaban J connectivity index is 0.00000243. The molecule has 0 unspecified atom stereocenters. The van der Waals surface area contributed by atoms with Crippen LogP contribution >= 0.6 is 11.3 Å². The summed E-state index contributed by atoms with van der Waals surface area (Å²) in [6.45, 7) is 4.00. The van der Waals surface area contributed by atoms with Crippen LogP contribution < -0.4 is 0 Å². The largest absolute Gasteiger partial charge is 0.456 e. The van der Waals surface area contributed by atoms with Crippen molar-refractivity contribution in [3.8, 4) is 73.2 Å². The summed E-state index contributed by atoms with van der Waals surface area (Å²) in [6, 6.07) is 81.9. The second kappa shape index (κ2) is 17.5. The molecule has 0 amide bonds. The number of thiophene rings is 1. The van der Waals surface area contributed by atoms with E-state index in [0.717, 1.165) is 88.3 Å². The molecule has 0 bridgehead atoms. The van der Waals surface area contributed by atoms with Crippen LogP contribution in [-0.2, 0) is 0 Å². The Morgan fingerprint density at radius 3 is 1.66 bits per heavy atom. The summed E-state index contributed by atoms with van der Waals surface area (Å²) in [5.41, 5.74) is 14.5. The molecule has 0 aliphatic carbocycles. The first-order chi connectivity index (χ1) is 35.2. The number of aromatic nitrogens is 4. The first-order valence-corrected chi connectivity index (χ1v) is 25.0. The Morgan fingerprint density at radius 1 is 0.338 bits per heavy atom. The van der Waals surface area contributed by atoms with Crippen LogP contribution in [0.4, 0.5) is 0 Å². The molecule has 4 aromatic heterocycles. The molecule has 6 heteroatoms.